The molecule has 0 unspecified atom stereocenters. The first-order valence-electron chi connectivity index (χ1n) is 12.2. The van der Waals surface area contributed by atoms with E-state index in [0.29, 0.717) is 17.1 Å². The van der Waals surface area contributed by atoms with Crippen molar-refractivity contribution in [1.82, 2.24) is 0 Å². The summed E-state index contributed by atoms with van der Waals surface area (Å²) < 4.78 is 39.4. The second kappa shape index (κ2) is 11.1. The topological polar surface area (TPSA) is 88.2 Å². The van der Waals surface area contributed by atoms with Gasteiger partial charge in [-0.25, -0.2) is 8.42 Å². The van der Waals surface area contributed by atoms with Gasteiger partial charge in [0.05, 0.1) is 24.8 Å². The number of carbonyl (C=O) groups excluding carboxylic acids is 1. The van der Waals surface area contributed by atoms with E-state index in [2.05, 4.69) is 10.2 Å². The van der Waals surface area contributed by atoms with Gasteiger partial charge in [0.15, 0.2) is 11.5 Å². The Labute approximate surface area is 218 Å². The number of nitrogens with one attached hydrogen (secondary N) is 1. The zero-order valence-corrected chi connectivity index (χ0v) is 22.5. The molecule has 3 aromatic rings. The van der Waals surface area contributed by atoms with E-state index < -0.39 is 22.5 Å². The highest BCUT2D eigenvalue weighted by atomic mass is 32.2. The first-order valence-corrected chi connectivity index (χ1v) is 13.6. The van der Waals surface area contributed by atoms with Gasteiger partial charge in [0.2, 0.25) is 5.91 Å². The molecule has 0 radical (unpaired) electrons. The van der Waals surface area contributed by atoms with Crippen molar-refractivity contribution < 1.29 is 22.7 Å². The van der Waals surface area contributed by atoms with Crippen LogP contribution in [0.2, 0.25) is 0 Å². The second-order valence-corrected chi connectivity index (χ2v) is 11.0. The minimum atomic E-state index is -4.12. The Morgan fingerprint density at radius 1 is 0.892 bits per heavy atom. The third-order valence-corrected chi connectivity index (χ3v) is 8.12. The second-order valence-electron chi connectivity index (χ2n) is 9.16. The molecule has 4 rings (SSSR count). The van der Waals surface area contributed by atoms with Gasteiger partial charge >= 0.3 is 0 Å². The van der Waals surface area contributed by atoms with E-state index in [9.17, 15) is 13.2 Å². The third kappa shape index (κ3) is 5.99. The Hall–Kier alpha value is -3.72. The molecule has 0 aromatic heterocycles. The molecule has 0 saturated carbocycles. The Morgan fingerprint density at radius 3 is 2.11 bits per heavy atom. The van der Waals surface area contributed by atoms with Crippen molar-refractivity contribution in [3.63, 3.8) is 0 Å². The number of methoxy groups -OCH3 is 2. The fraction of sp³-hybridized carbons (Fsp3) is 0.321. The summed E-state index contributed by atoms with van der Waals surface area (Å²) in [6, 6.07) is 17.5. The molecule has 1 aliphatic heterocycles. The van der Waals surface area contributed by atoms with Gasteiger partial charge < -0.3 is 19.7 Å². The minimum absolute atomic E-state index is 0.00734. The van der Waals surface area contributed by atoms with Crippen LogP contribution in [0.4, 0.5) is 17.1 Å². The number of carbonyl (C=O) groups is 1. The fourth-order valence-corrected chi connectivity index (χ4v) is 6.00. The molecule has 9 heteroatoms. The summed E-state index contributed by atoms with van der Waals surface area (Å²) in [7, 11) is -1.20. The standard InChI is InChI=1S/C28H33N3O5S/c1-20-15-21(2)17-24(16-20)31(37(33,34)25-11-12-26(35-3)27(18-25)36-4)19-28(32)29-22-7-9-23(10-8-22)30-13-5-6-14-30/h7-12,15-18H,5-6,13-14,19H2,1-4H3,(H,29,32). The number of nitrogens with zero attached hydrogens (tertiary/aromatic N) is 2. The molecule has 0 spiro atoms. The SMILES string of the molecule is COc1ccc(S(=O)(=O)N(CC(=O)Nc2ccc(N3CCCC3)cc2)c2cc(C)cc(C)c2)cc1OC. The van der Waals surface area contributed by atoms with Crippen LogP contribution in [0, 0.1) is 13.8 Å². The normalized spacial score (nSPS) is 13.4. The summed E-state index contributed by atoms with van der Waals surface area (Å²) in [4.78, 5) is 15.4. The van der Waals surface area contributed by atoms with Crippen LogP contribution in [0.3, 0.4) is 0 Å². The molecule has 196 valence electrons. The molecule has 0 aliphatic carbocycles. The zero-order valence-electron chi connectivity index (χ0n) is 21.7. The van der Waals surface area contributed by atoms with Crippen LogP contribution in [0.5, 0.6) is 11.5 Å². The monoisotopic (exact) mass is 523 g/mol. The quantitative estimate of drug-likeness (QED) is 0.435. The summed E-state index contributed by atoms with van der Waals surface area (Å²) in [5.41, 5.74) is 3.91. The van der Waals surface area contributed by atoms with Gasteiger partial charge in [0.25, 0.3) is 10.0 Å². The van der Waals surface area contributed by atoms with Crippen molar-refractivity contribution in [2.24, 2.45) is 0 Å². The van der Waals surface area contributed by atoms with Gasteiger partial charge in [-0.2, -0.15) is 0 Å². The number of benzene rings is 3. The van der Waals surface area contributed by atoms with Crippen LogP contribution in [-0.2, 0) is 14.8 Å². The van der Waals surface area contributed by atoms with E-state index in [-0.39, 0.29) is 10.6 Å². The minimum Gasteiger partial charge on any atom is -0.493 e. The third-order valence-electron chi connectivity index (χ3n) is 6.35. The van der Waals surface area contributed by atoms with Crippen LogP contribution in [-0.4, -0.2) is 48.2 Å². The molecule has 1 amide bonds. The van der Waals surface area contributed by atoms with Gasteiger partial charge in [-0.05, 0) is 86.3 Å². The van der Waals surface area contributed by atoms with Crippen LogP contribution in [0.15, 0.2) is 65.6 Å². The first-order chi connectivity index (χ1) is 17.7. The van der Waals surface area contributed by atoms with E-state index >= 15 is 0 Å². The number of sulfonamides is 1. The Bertz CT molecular complexity index is 1350. The molecule has 1 heterocycles. The number of rotatable bonds is 9. The summed E-state index contributed by atoms with van der Waals surface area (Å²) in [5.74, 6) is 0.248. The first kappa shape index (κ1) is 26.3. The van der Waals surface area contributed by atoms with Crippen molar-refractivity contribution in [3.8, 4) is 11.5 Å². The van der Waals surface area contributed by atoms with Gasteiger partial charge in [-0.1, -0.05) is 6.07 Å². The number of aryl methyl sites for hydroxylation is 2. The molecule has 1 fully saturated rings. The maximum atomic E-state index is 13.8. The Balaban J connectivity index is 1.62. The van der Waals surface area contributed by atoms with Gasteiger partial charge in [0, 0.05) is 30.5 Å². The molecule has 1 N–H and O–H groups in total. The molecule has 1 saturated heterocycles. The smallest absolute Gasteiger partial charge is 0.264 e. The summed E-state index contributed by atoms with van der Waals surface area (Å²) in [6.45, 7) is 5.45. The zero-order chi connectivity index (χ0) is 26.6. The maximum Gasteiger partial charge on any atom is 0.264 e. The van der Waals surface area contributed by atoms with E-state index in [1.165, 1.54) is 45.3 Å². The molecule has 0 bridgehead atoms. The highest BCUT2D eigenvalue weighted by Gasteiger charge is 2.29. The lowest BCUT2D eigenvalue weighted by Crippen LogP contribution is -2.38. The molecule has 8 nitrogen and oxygen atoms in total. The predicted molar refractivity (Wildman–Crippen MR) is 147 cm³/mol. The maximum absolute atomic E-state index is 13.8. The van der Waals surface area contributed by atoms with E-state index in [4.69, 9.17) is 9.47 Å². The lowest BCUT2D eigenvalue weighted by atomic mass is 10.1. The summed E-state index contributed by atoms with van der Waals surface area (Å²) >= 11 is 0. The lowest BCUT2D eigenvalue weighted by molar-refractivity contribution is -0.114. The van der Waals surface area contributed by atoms with E-state index in [1.54, 1.807) is 12.1 Å². The summed E-state index contributed by atoms with van der Waals surface area (Å²) in [6.07, 6.45) is 2.36. The van der Waals surface area contributed by atoms with Crippen LogP contribution in [0.25, 0.3) is 0 Å². The predicted octanol–water partition coefficient (Wildman–Crippen LogP) is 4.75. The largest absolute Gasteiger partial charge is 0.493 e. The number of ether oxygens (including phenoxy) is 2. The van der Waals surface area contributed by atoms with E-state index in [0.717, 1.165) is 34.2 Å². The van der Waals surface area contributed by atoms with Crippen molar-refractivity contribution in [1.29, 1.82) is 0 Å². The Kier molecular flexibility index (Phi) is 7.92. The highest BCUT2D eigenvalue weighted by Crippen LogP contribution is 2.33. The van der Waals surface area contributed by atoms with Crippen LogP contribution >= 0.6 is 0 Å². The van der Waals surface area contributed by atoms with Crippen molar-refractivity contribution >= 4 is 33.0 Å². The average Bonchev–Trinajstić information content (AvgIpc) is 3.41. The molecule has 3 aromatic carbocycles. The van der Waals surface area contributed by atoms with Crippen LogP contribution in [0.1, 0.15) is 24.0 Å². The molecule has 0 atom stereocenters. The van der Waals surface area contributed by atoms with Crippen molar-refractivity contribution in [2.45, 2.75) is 31.6 Å². The average molecular weight is 524 g/mol. The lowest BCUT2D eigenvalue weighted by Gasteiger charge is -2.25. The van der Waals surface area contributed by atoms with Gasteiger partial charge in [0.1, 0.15) is 6.54 Å². The Morgan fingerprint density at radius 2 is 1.51 bits per heavy atom. The number of hydrogen-bond donors (Lipinski definition) is 1. The van der Waals surface area contributed by atoms with Gasteiger partial charge in [-0.15, -0.1) is 0 Å². The fourth-order valence-electron chi connectivity index (χ4n) is 4.58. The number of amides is 1. The van der Waals surface area contributed by atoms with Gasteiger partial charge in [-0.3, -0.25) is 9.10 Å². The van der Waals surface area contributed by atoms with Crippen LogP contribution < -0.4 is 24.0 Å². The van der Waals surface area contributed by atoms with E-state index in [1.807, 2.05) is 44.2 Å². The molecule has 37 heavy (non-hydrogen) atoms. The summed E-state index contributed by atoms with van der Waals surface area (Å²) in [5, 5.41) is 2.85. The number of anilines is 3. The van der Waals surface area contributed by atoms with Crippen molar-refractivity contribution in [3.05, 3.63) is 71.8 Å². The molecular weight excluding hydrogens is 490 g/mol. The molecular formula is C28H33N3O5S. The van der Waals surface area contributed by atoms with Crippen molar-refractivity contribution in [2.75, 3.05) is 48.4 Å². The highest BCUT2D eigenvalue weighted by molar-refractivity contribution is 7.92. The molecule has 1 aliphatic rings. The number of hydrogen-bond acceptors (Lipinski definition) is 6.